The molecule has 1 aliphatic heterocycles. The van der Waals surface area contributed by atoms with Crippen LogP contribution in [0.15, 0.2) is 66.1 Å². The summed E-state index contributed by atoms with van der Waals surface area (Å²) in [5, 5.41) is 3.69. The first-order valence-electron chi connectivity index (χ1n) is 11.7. The summed E-state index contributed by atoms with van der Waals surface area (Å²) in [6.07, 6.45) is 5.16. The lowest BCUT2D eigenvalue weighted by atomic mass is 10.2. The number of nitrogens with one attached hydrogen (secondary N) is 2. The molecule has 0 bridgehead atoms. The molecule has 0 unspecified atom stereocenters. The number of hydrogen-bond acceptors (Lipinski definition) is 9. The highest BCUT2D eigenvalue weighted by atomic mass is 32.2. The van der Waals surface area contributed by atoms with Gasteiger partial charge in [-0.2, -0.15) is 4.98 Å². The van der Waals surface area contributed by atoms with E-state index in [2.05, 4.69) is 55.6 Å². The van der Waals surface area contributed by atoms with Crippen molar-refractivity contribution in [1.82, 2.24) is 29.2 Å². The number of allylic oxidation sites excluding steroid dienone is 1. The Morgan fingerprint density at radius 2 is 1.86 bits per heavy atom. The average Bonchev–Trinajstić information content (AvgIpc) is 3.16. The lowest BCUT2D eigenvalue weighted by Gasteiger charge is -2.34. The highest BCUT2D eigenvalue weighted by Crippen LogP contribution is 2.23. The van der Waals surface area contributed by atoms with Crippen molar-refractivity contribution in [1.29, 1.82) is 0 Å². The molecule has 1 aromatic carbocycles. The lowest BCUT2D eigenvalue weighted by molar-refractivity contribution is 0.313. The van der Waals surface area contributed by atoms with Crippen LogP contribution in [0.5, 0.6) is 0 Å². The number of benzene rings is 1. The van der Waals surface area contributed by atoms with E-state index in [1.54, 1.807) is 21.6 Å². The first kappa shape index (κ1) is 23.9. The van der Waals surface area contributed by atoms with E-state index in [0.29, 0.717) is 35.2 Å². The molecule has 0 aliphatic carbocycles. The Balaban J connectivity index is 1.47. The molecule has 0 amide bonds. The molecule has 0 saturated carbocycles. The van der Waals surface area contributed by atoms with Crippen LogP contribution in [-0.2, 0) is 6.54 Å². The Labute approximate surface area is 213 Å². The van der Waals surface area contributed by atoms with Crippen LogP contribution in [0.3, 0.4) is 0 Å². The minimum atomic E-state index is -0.196. The van der Waals surface area contributed by atoms with Gasteiger partial charge in [-0.3, -0.25) is 4.79 Å². The molecule has 36 heavy (non-hydrogen) atoms. The first-order chi connectivity index (χ1) is 17.6. The standard InChI is InChI=1S/C25H29N9OS/c1-4-12-33-24(35)20-17-26-25(29-23(20)34(33)22-7-5-6-21(28-22)30-36-3)27-18-8-10-19(11-9-18)32-15-13-31(2)14-16-32/h4-11,17H,1,12-16H2,2-3H3,(H,28,30)(H,26,27,29). The van der Waals surface area contributed by atoms with Gasteiger partial charge >= 0.3 is 0 Å². The maximum Gasteiger partial charge on any atom is 0.278 e. The number of anilines is 4. The van der Waals surface area contributed by atoms with Crippen LogP contribution in [-0.4, -0.2) is 68.7 Å². The van der Waals surface area contributed by atoms with Crippen LogP contribution in [0, 0.1) is 0 Å². The highest BCUT2D eigenvalue weighted by molar-refractivity contribution is 7.99. The number of piperazine rings is 1. The van der Waals surface area contributed by atoms with Crippen molar-refractivity contribution in [2.45, 2.75) is 6.54 Å². The third-order valence-electron chi connectivity index (χ3n) is 6.13. The van der Waals surface area contributed by atoms with Gasteiger partial charge in [-0.15, -0.1) is 6.58 Å². The van der Waals surface area contributed by atoms with E-state index in [9.17, 15) is 4.79 Å². The molecule has 0 radical (unpaired) electrons. The van der Waals surface area contributed by atoms with Crippen LogP contribution in [0.2, 0.25) is 0 Å². The van der Waals surface area contributed by atoms with Gasteiger partial charge < -0.3 is 19.8 Å². The predicted molar refractivity (Wildman–Crippen MR) is 148 cm³/mol. The number of rotatable bonds is 8. The molecule has 0 spiro atoms. The number of aromatic nitrogens is 5. The molecule has 1 saturated heterocycles. The van der Waals surface area contributed by atoms with E-state index in [0.717, 1.165) is 31.9 Å². The molecule has 4 heterocycles. The molecule has 10 nitrogen and oxygen atoms in total. The summed E-state index contributed by atoms with van der Waals surface area (Å²) in [6.45, 7) is 8.28. The van der Waals surface area contributed by atoms with Crippen molar-refractivity contribution >= 4 is 46.1 Å². The van der Waals surface area contributed by atoms with Crippen molar-refractivity contribution in [3.8, 4) is 5.82 Å². The van der Waals surface area contributed by atoms with E-state index in [-0.39, 0.29) is 5.56 Å². The van der Waals surface area contributed by atoms with E-state index in [1.165, 1.54) is 17.6 Å². The zero-order chi connectivity index (χ0) is 25.1. The van der Waals surface area contributed by atoms with Gasteiger partial charge in [0.05, 0.1) is 6.54 Å². The molecule has 4 aromatic rings. The van der Waals surface area contributed by atoms with E-state index < -0.39 is 0 Å². The molecule has 3 aromatic heterocycles. The minimum absolute atomic E-state index is 0.196. The molecule has 1 aliphatic rings. The van der Waals surface area contributed by atoms with Gasteiger partial charge in [-0.1, -0.05) is 24.1 Å². The molecule has 11 heteroatoms. The Bertz CT molecular complexity index is 1420. The summed E-state index contributed by atoms with van der Waals surface area (Å²) in [5.41, 5.74) is 2.35. The fourth-order valence-corrected chi connectivity index (χ4v) is 4.58. The van der Waals surface area contributed by atoms with Gasteiger partial charge in [0.25, 0.3) is 5.56 Å². The maximum atomic E-state index is 13.1. The van der Waals surface area contributed by atoms with Crippen LogP contribution in [0.25, 0.3) is 16.9 Å². The van der Waals surface area contributed by atoms with Crippen LogP contribution in [0.4, 0.5) is 23.1 Å². The zero-order valence-corrected chi connectivity index (χ0v) is 21.2. The third kappa shape index (κ3) is 4.79. The number of hydrogen-bond donors (Lipinski definition) is 2. The second-order valence-electron chi connectivity index (χ2n) is 8.57. The number of likely N-dealkylation sites (N-methyl/N-ethyl adjacent to an activating group) is 1. The Morgan fingerprint density at radius 1 is 1.08 bits per heavy atom. The number of pyridine rings is 1. The molecule has 1 fully saturated rings. The summed E-state index contributed by atoms with van der Waals surface area (Å²) in [7, 11) is 2.15. The third-order valence-corrected chi connectivity index (χ3v) is 6.54. The van der Waals surface area contributed by atoms with Crippen molar-refractivity contribution in [2.75, 3.05) is 54.4 Å². The van der Waals surface area contributed by atoms with Gasteiger partial charge in [0.1, 0.15) is 11.2 Å². The van der Waals surface area contributed by atoms with E-state index >= 15 is 0 Å². The first-order valence-corrected chi connectivity index (χ1v) is 13.0. The fourth-order valence-electron chi connectivity index (χ4n) is 4.26. The van der Waals surface area contributed by atoms with Crippen LogP contribution in [0.1, 0.15) is 0 Å². The van der Waals surface area contributed by atoms with E-state index in [4.69, 9.17) is 4.98 Å². The summed E-state index contributed by atoms with van der Waals surface area (Å²) in [6, 6.07) is 13.9. The lowest BCUT2D eigenvalue weighted by Crippen LogP contribution is -2.44. The molecule has 2 N–H and O–H groups in total. The predicted octanol–water partition coefficient (Wildman–Crippen LogP) is 3.35. The van der Waals surface area contributed by atoms with Crippen molar-refractivity contribution in [3.63, 3.8) is 0 Å². The minimum Gasteiger partial charge on any atom is -0.369 e. The zero-order valence-electron chi connectivity index (χ0n) is 20.4. The quantitative estimate of drug-likeness (QED) is 0.277. The number of fused-ring (bicyclic) bond motifs is 1. The van der Waals surface area contributed by atoms with E-state index in [1.807, 2.05) is 36.6 Å². The molecule has 5 rings (SSSR count). The Hall–Kier alpha value is -3.83. The second-order valence-corrected chi connectivity index (χ2v) is 9.18. The summed E-state index contributed by atoms with van der Waals surface area (Å²) in [5.74, 6) is 1.66. The summed E-state index contributed by atoms with van der Waals surface area (Å²) in [4.78, 5) is 31.7. The SMILES string of the molecule is C=CCn1c(=O)c2cnc(Nc3ccc(N4CCN(C)CC4)cc3)nc2n1-c1cccc(NSC)n1. The van der Waals surface area contributed by atoms with Gasteiger partial charge in [0.2, 0.25) is 5.95 Å². The molecular weight excluding hydrogens is 474 g/mol. The number of nitrogens with zero attached hydrogens (tertiary/aromatic N) is 7. The van der Waals surface area contributed by atoms with Gasteiger partial charge in [0, 0.05) is 50.0 Å². The van der Waals surface area contributed by atoms with Crippen LogP contribution < -0.4 is 20.5 Å². The Kier molecular flexibility index (Phi) is 6.92. The largest absolute Gasteiger partial charge is 0.369 e. The summed E-state index contributed by atoms with van der Waals surface area (Å²) < 4.78 is 6.41. The summed E-state index contributed by atoms with van der Waals surface area (Å²) >= 11 is 1.45. The smallest absolute Gasteiger partial charge is 0.278 e. The average molecular weight is 504 g/mol. The fraction of sp³-hybridized carbons (Fsp3) is 0.280. The van der Waals surface area contributed by atoms with Crippen molar-refractivity contribution in [3.05, 3.63) is 71.7 Å². The van der Waals surface area contributed by atoms with Gasteiger partial charge in [-0.25, -0.2) is 19.3 Å². The van der Waals surface area contributed by atoms with Crippen molar-refractivity contribution in [2.24, 2.45) is 0 Å². The Morgan fingerprint density at radius 3 is 2.58 bits per heavy atom. The molecule has 0 atom stereocenters. The maximum absolute atomic E-state index is 13.1. The second kappa shape index (κ2) is 10.4. The van der Waals surface area contributed by atoms with Crippen molar-refractivity contribution < 1.29 is 0 Å². The van der Waals surface area contributed by atoms with Gasteiger partial charge in [-0.05, 0) is 43.4 Å². The molecule has 186 valence electrons. The highest BCUT2D eigenvalue weighted by Gasteiger charge is 2.18. The molecular formula is C25H29N9OS. The normalized spacial score (nSPS) is 14.2. The topological polar surface area (TPSA) is 96.1 Å². The van der Waals surface area contributed by atoms with Gasteiger partial charge in [0.15, 0.2) is 11.5 Å². The van der Waals surface area contributed by atoms with Crippen LogP contribution >= 0.6 is 11.9 Å². The monoisotopic (exact) mass is 503 g/mol.